The molecule has 2 rings (SSSR count). The summed E-state index contributed by atoms with van der Waals surface area (Å²) >= 11 is 0. The third kappa shape index (κ3) is 6.22. The van der Waals surface area contributed by atoms with Gasteiger partial charge in [0.05, 0.1) is 18.6 Å². The molecule has 0 saturated carbocycles. The van der Waals surface area contributed by atoms with Crippen molar-refractivity contribution in [3.63, 3.8) is 0 Å². The number of hydrogen-bond acceptors (Lipinski definition) is 9. The number of hydrogen-bond donors (Lipinski definition) is 5. The first kappa shape index (κ1) is 27.5. The summed E-state index contributed by atoms with van der Waals surface area (Å²) in [7, 11) is 1.36. The third-order valence-corrected chi connectivity index (χ3v) is 5.67. The highest BCUT2D eigenvalue weighted by Crippen LogP contribution is 2.29. The van der Waals surface area contributed by atoms with E-state index in [1.807, 2.05) is 6.92 Å². The molecule has 0 saturated heterocycles. The molecule has 188 valence electrons. The lowest BCUT2D eigenvalue weighted by molar-refractivity contribution is -0.137. The van der Waals surface area contributed by atoms with Gasteiger partial charge in [0.15, 0.2) is 0 Å². The van der Waals surface area contributed by atoms with E-state index in [2.05, 4.69) is 6.58 Å². The number of aliphatic hydroxyl groups is 5. The molecule has 1 heterocycles. The van der Waals surface area contributed by atoms with Crippen molar-refractivity contribution < 1.29 is 39.5 Å². The highest BCUT2D eigenvalue weighted by molar-refractivity contribution is 5.87. The van der Waals surface area contributed by atoms with Gasteiger partial charge in [0.25, 0.3) is 0 Å². The topological polar surface area (TPSA) is 161 Å². The highest BCUT2D eigenvalue weighted by Gasteiger charge is 2.31. The van der Waals surface area contributed by atoms with Gasteiger partial charge in [0.2, 0.25) is 5.91 Å². The largest absolute Gasteiger partial charge is 0.489 e. The van der Waals surface area contributed by atoms with Crippen molar-refractivity contribution in [1.82, 2.24) is 4.90 Å². The summed E-state index contributed by atoms with van der Waals surface area (Å²) in [6.45, 7) is 8.24. The van der Waals surface area contributed by atoms with Crippen molar-refractivity contribution in [3.8, 4) is 5.75 Å². The van der Waals surface area contributed by atoms with Gasteiger partial charge in [-0.2, -0.15) is 0 Å². The van der Waals surface area contributed by atoms with Crippen molar-refractivity contribution in [1.29, 1.82) is 0 Å². The lowest BCUT2D eigenvalue weighted by Gasteiger charge is -2.28. The molecule has 1 aromatic heterocycles. The van der Waals surface area contributed by atoms with Crippen molar-refractivity contribution in [2.24, 2.45) is 0 Å². The summed E-state index contributed by atoms with van der Waals surface area (Å²) in [6.07, 6.45) is -7.15. The normalized spacial score (nSPS) is 15.0. The van der Waals surface area contributed by atoms with Crippen LogP contribution in [0.1, 0.15) is 23.6 Å². The molecule has 10 heteroatoms. The van der Waals surface area contributed by atoms with Crippen LogP contribution in [-0.4, -0.2) is 87.6 Å². The maximum absolute atomic E-state index is 12.7. The molecule has 34 heavy (non-hydrogen) atoms. The van der Waals surface area contributed by atoms with Gasteiger partial charge in [-0.1, -0.05) is 6.58 Å². The summed E-state index contributed by atoms with van der Waals surface area (Å²) in [5.74, 6) is 0.0268. The minimum atomic E-state index is -1.80. The number of fused-ring (bicyclic) bond motifs is 1. The summed E-state index contributed by atoms with van der Waals surface area (Å²) < 4.78 is 11.2. The van der Waals surface area contributed by atoms with Gasteiger partial charge in [-0.3, -0.25) is 4.79 Å². The third-order valence-electron chi connectivity index (χ3n) is 5.67. The zero-order valence-corrected chi connectivity index (χ0v) is 19.8. The average molecular weight is 480 g/mol. The van der Waals surface area contributed by atoms with Crippen LogP contribution in [0, 0.1) is 13.8 Å². The van der Waals surface area contributed by atoms with Gasteiger partial charge >= 0.3 is 5.63 Å². The zero-order valence-electron chi connectivity index (χ0n) is 19.8. The van der Waals surface area contributed by atoms with E-state index in [1.54, 1.807) is 26.0 Å². The van der Waals surface area contributed by atoms with E-state index in [0.29, 0.717) is 34.5 Å². The second-order valence-electron chi connectivity index (χ2n) is 8.55. The number of likely N-dealkylation sites (N-methyl/N-ethyl adjacent to an activating group) is 1. The van der Waals surface area contributed by atoms with E-state index in [-0.39, 0.29) is 18.5 Å². The zero-order chi connectivity index (χ0) is 25.7. The molecular formula is C24H33NO9. The van der Waals surface area contributed by atoms with Gasteiger partial charge in [0.1, 0.15) is 42.4 Å². The Hall–Kier alpha value is -2.76. The van der Waals surface area contributed by atoms with Crippen LogP contribution in [0.2, 0.25) is 0 Å². The van der Waals surface area contributed by atoms with E-state index in [1.165, 1.54) is 7.05 Å². The molecule has 0 spiro atoms. The second kappa shape index (κ2) is 11.6. The maximum atomic E-state index is 12.7. The Morgan fingerprint density at radius 2 is 1.74 bits per heavy atom. The monoisotopic (exact) mass is 479 g/mol. The average Bonchev–Trinajstić information content (AvgIpc) is 2.79. The predicted octanol–water partition coefficient (Wildman–Crippen LogP) is -0.198. The Morgan fingerprint density at radius 3 is 2.32 bits per heavy atom. The predicted molar refractivity (Wildman–Crippen MR) is 125 cm³/mol. The van der Waals surface area contributed by atoms with Gasteiger partial charge in [-0.25, -0.2) is 4.79 Å². The van der Waals surface area contributed by atoms with Crippen LogP contribution < -0.4 is 10.4 Å². The fourth-order valence-electron chi connectivity index (χ4n) is 3.47. The van der Waals surface area contributed by atoms with Crippen molar-refractivity contribution in [2.75, 3.05) is 26.8 Å². The molecule has 2 aromatic rings. The molecule has 0 unspecified atom stereocenters. The molecule has 1 amide bonds. The van der Waals surface area contributed by atoms with E-state index >= 15 is 0 Å². The number of aliphatic hydroxyl groups excluding tert-OH is 5. The number of rotatable bonds is 11. The second-order valence-corrected chi connectivity index (χ2v) is 8.55. The number of carbonyl (C=O) groups is 1. The number of aryl methyl sites for hydroxylation is 2. The van der Waals surface area contributed by atoms with E-state index in [4.69, 9.17) is 14.3 Å². The molecule has 0 aliphatic heterocycles. The van der Waals surface area contributed by atoms with Crippen molar-refractivity contribution >= 4 is 16.9 Å². The van der Waals surface area contributed by atoms with Crippen LogP contribution in [0.15, 0.2) is 33.5 Å². The Kier molecular flexibility index (Phi) is 9.37. The molecule has 0 radical (unpaired) electrons. The van der Waals surface area contributed by atoms with Crippen LogP contribution in [0.4, 0.5) is 0 Å². The van der Waals surface area contributed by atoms with E-state index in [0.717, 1.165) is 10.5 Å². The van der Waals surface area contributed by atoms with Crippen molar-refractivity contribution in [2.45, 2.75) is 51.6 Å². The van der Waals surface area contributed by atoms with Gasteiger partial charge < -0.3 is 39.6 Å². The SMILES string of the molecule is C=C(C)COc1ccc2c(C)c(CC(=O)N(C)C[C@H](O)[C@H](O)[C@H](O)[C@@H](O)CO)c(=O)oc2c1C. The number of ether oxygens (including phenoxy) is 1. The highest BCUT2D eigenvalue weighted by atomic mass is 16.5. The minimum absolute atomic E-state index is 0.158. The van der Waals surface area contributed by atoms with E-state index < -0.39 is 42.6 Å². The van der Waals surface area contributed by atoms with Crippen LogP contribution in [0.25, 0.3) is 11.0 Å². The Balaban J connectivity index is 2.21. The number of carbonyl (C=O) groups excluding carboxylic acids is 1. The Morgan fingerprint density at radius 1 is 1.12 bits per heavy atom. The number of amides is 1. The summed E-state index contributed by atoms with van der Waals surface area (Å²) in [4.78, 5) is 26.5. The molecule has 0 aliphatic rings. The lowest BCUT2D eigenvalue weighted by Crippen LogP contribution is -2.50. The van der Waals surface area contributed by atoms with Crippen LogP contribution in [0.3, 0.4) is 0 Å². The van der Waals surface area contributed by atoms with Crippen LogP contribution in [-0.2, 0) is 11.2 Å². The minimum Gasteiger partial charge on any atom is -0.489 e. The van der Waals surface area contributed by atoms with Gasteiger partial charge in [0, 0.05) is 24.5 Å². The molecule has 0 fully saturated rings. The molecular weight excluding hydrogens is 446 g/mol. The Bertz CT molecular complexity index is 1090. The molecule has 0 bridgehead atoms. The standard InChI is InChI=1S/C24H33NO9/c1-12(2)11-33-19-7-6-15-13(3)16(24(32)34-23(15)14(19)4)8-20(29)25(5)9-17(27)21(30)22(31)18(28)10-26/h6-7,17-18,21-22,26-28,30-31H,1,8-11H2,2-5H3/t17-,18-,21-,22+/m0/s1. The van der Waals surface area contributed by atoms with Gasteiger partial charge in [-0.05, 0) is 44.0 Å². The first-order valence-electron chi connectivity index (χ1n) is 10.8. The fourth-order valence-corrected chi connectivity index (χ4v) is 3.47. The first-order chi connectivity index (χ1) is 15.9. The number of benzene rings is 1. The summed E-state index contributed by atoms with van der Waals surface area (Å²) in [5, 5.41) is 48.7. The molecule has 1 aromatic carbocycles. The lowest BCUT2D eigenvalue weighted by atomic mass is 10.0. The summed E-state index contributed by atoms with van der Waals surface area (Å²) in [5.41, 5.74) is 1.91. The summed E-state index contributed by atoms with van der Waals surface area (Å²) in [6, 6.07) is 3.51. The molecule has 0 aliphatic carbocycles. The number of nitrogens with zero attached hydrogens (tertiary/aromatic N) is 1. The van der Waals surface area contributed by atoms with E-state index in [9.17, 15) is 30.0 Å². The molecule has 10 nitrogen and oxygen atoms in total. The molecule has 4 atom stereocenters. The quantitative estimate of drug-likeness (QED) is 0.217. The van der Waals surface area contributed by atoms with Crippen LogP contribution >= 0.6 is 0 Å². The van der Waals surface area contributed by atoms with Crippen molar-refractivity contribution in [3.05, 3.63) is 51.4 Å². The molecule has 5 N–H and O–H groups in total. The van der Waals surface area contributed by atoms with Crippen LogP contribution in [0.5, 0.6) is 5.75 Å². The smallest absolute Gasteiger partial charge is 0.340 e. The first-order valence-corrected chi connectivity index (χ1v) is 10.8. The maximum Gasteiger partial charge on any atom is 0.340 e. The van der Waals surface area contributed by atoms with Gasteiger partial charge in [-0.15, -0.1) is 0 Å². The fraction of sp³-hybridized carbons (Fsp3) is 0.500. The Labute approximate surface area is 197 Å².